The summed E-state index contributed by atoms with van der Waals surface area (Å²) in [5.74, 6) is -0.265. The van der Waals surface area contributed by atoms with E-state index in [0.717, 1.165) is 0 Å². The summed E-state index contributed by atoms with van der Waals surface area (Å²) in [7, 11) is 0. The summed E-state index contributed by atoms with van der Waals surface area (Å²) in [6, 6.07) is 11.0. The van der Waals surface area contributed by atoms with Crippen molar-refractivity contribution in [2.45, 2.75) is 18.8 Å². The summed E-state index contributed by atoms with van der Waals surface area (Å²) in [5, 5.41) is 12.7. The smallest absolute Gasteiger partial charge is 0.240 e. The van der Waals surface area contributed by atoms with Crippen molar-refractivity contribution < 1.29 is 14.3 Å². The summed E-state index contributed by atoms with van der Waals surface area (Å²) in [6.45, 7) is 1.69. The normalized spacial score (nSPS) is 16.7. The van der Waals surface area contributed by atoms with Gasteiger partial charge in [-0.05, 0) is 36.2 Å². The van der Waals surface area contributed by atoms with Crippen LogP contribution in [0.4, 0.5) is 16.0 Å². The van der Waals surface area contributed by atoms with Crippen LogP contribution in [0.1, 0.15) is 29.3 Å². The Morgan fingerprint density at radius 3 is 2.78 bits per heavy atom. The van der Waals surface area contributed by atoms with E-state index in [4.69, 9.17) is 22.3 Å². The number of halogens is 2. The lowest BCUT2D eigenvalue weighted by Crippen LogP contribution is -2.33. The quantitative estimate of drug-likeness (QED) is 0.328. The molecule has 0 fully saturated rings. The Balaban J connectivity index is 1.47. The summed E-state index contributed by atoms with van der Waals surface area (Å²) in [5.41, 5.74) is 8.06. The zero-order valence-electron chi connectivity index (χ0n) is 19.4. The van der Waals surface area contributed by atoms with Gasteiger partial charge in [0.2, 0.25) is 5.91 Å². The number of aromatic hydroxyl groups is 1. The number of phenols is 1. The van der Waals surface area contributed by atoms with Gasteiger partial charge in [-0.1, -0.05) is 35.9 Å². The van der Waals surface area contributed by atoms with Crippen LogP contribution in [-0.4, -0.2) is 35.4 Å². The number of fused-ring (bicyclic) bond motifs is 2. The molecule has 0 bridgehead atoms. The van der Waals surface area contributed by atoms with Crippen LogP contribution in [-0.2, 0) is 16.6 Å². The Kier molecular flexibility index (Phi) is 5.09. The molecule has 37 heavy (non-hydrogen) atoms. The lowest BCUT2D eigenvalue weighted by atomic mass is 9.77. The van der Waals surface area contributed by atoms with Crippen LogP contribution >= 0.6 is 11.6 Å². The van der Waals surface area contributed by atoms with Crippen LogP contribution in [0, 0.1) is 5.82 Å². The minimum absolute atomic E-state index is 0.0910. The van der Waals surface area contributed by atoms with Gasteiger partial charge in [0.15, 0.2) is 11.5 Å². The second kappa shape index (κ2) is 8.24. The van der Waals surface area contributed by atoms with Crippen molar-refractivity contribution in [1.82, 2.24) is 24.3 Å². The number of amides is 1. The first-order valence-corrected chi connectivity index (χ1v) is 11.7. The average Bonchev–Trinajstić information content (AvgIpc) is 3.45. The summed E-state index contributed by atoms with van der Waals surface area (Å²) < 4.78 is 16.1. The molecule has 0 saturated heterocycles. The molecule has 5 aromatic rings. The number of carbonyl (C=O) groups is 1. The van der Waals surface area contributed by atoms with Crippen molar-refractivity contribution in [3.63, 3.8) is 0 Å². The maximum Gasteiger partial charge on any atom is 0.240 e. The topological polar surface area (TPSA) is 131 Å². The van der Waals surface area contributed by atoms with Gasteiger partial charge in [-0.2, -0.15) is 0 Å². The fourth-order valence-corrected chi connectivity index (χ4v) is 4.84. The van der Waals surface area contributed by atoms with Crippen molar-refractivity contribution in [2.24, 2.45) is 0 Å². The van der Waals surface area contributed by atoms with Gasteiger partial charge in [-0.15, -0.1) is 0 Å². The molecule has 2 aromatic carbocycles. The zero-order valence-corrected chi connectivity index (χ0v) is 20.2. The Labute approximate surface area is 214 Å². The third kappa shape index (κ3) is 3.56. The Morgan fingerprint density at radius 1 is 1.19 bits per heavy atom. The molecular weight excluding hydrogens is 497 g/mol. The standard InChI is InChI=1S/C26H19ClFN7O2/c1-26(14-6-7-19(36)15(27)11-14)20-21(29)32-22(33-23(20)34-25(26)37)18-12-35-9-8-30-24(35)17(31-18)10-13-4-2-3-5-16(13)28/h2-9,11-12,36H,10H2,1H3,(H3,29,32,33,34,37)/t26-/m0/s1. The van der Waals surface area contributed by atoms with E-state index in [2.05, 4.69) is 20.3 Å². The molecule has 184 valence electrons. The highest BCUT2D eigenvalue weighted by molar-refractivity contribution is 6.32. The molecule has 0 radical (unpaired) electrons. The van der Waals surface area contributed by atoms with Gasteiger partial charge in [0.25, 0.3) is 0 Å². The van der Waals surface area contributed by atoms with E-state index in [1.165, 1.54) is 18.2 Å². The number of nitrogens with zero attached hydrogens (tertiary/aromatic N) is 5. The van der Waals surface area contributed by atoms with E-state index in [-0.39, 0.29) is 46.4 Å². The van der Waals surface area contributed by atoms with Crippen LogP contribution < -0.4 is 11.1 Å². The second-order valence-corrected chi connectivity index (χ2v) is 9.31. The maximum atomic E-state index is 14.4. The van der Waals surface area contributed by atoms with E-state index >= 15 is 0 Å². The third-order valence-corrected chi connectivity index (χ3v) is 6.94. The molecule has 1 aliphatic heterocycles. The molecule has 4 heterocycles. The van der Waals surface area contributed by atoms with Crippen LogP contribution in [0.25, 0.3) is 17.2 Å². The predicted molar refractivity (Wildman–Crippen MR) is 136 cm³/mol. The number of nitrogens with one attached hydrogen (secondary N) is 1. The van der Waals surface area contributed by atoms with Crippen molar-refractivity contribution in [1.29, 1.82) is 0 Å². The number of rotatable bonds is 4. The van der Waals surface area contributed by atoms with E-state index in [0.29, 0.717) is 33.7 Å². The van der Waals surface area contributed by atoms with E-state index in [1.54, 1.807) is 54.2 Å². The molecule has 9 nitrogen and oxygen atoms in total. The molecule has 0 unspecified atom stereocenters. The molecule has 0 saturated carbocycles. The van der Waals surface area contributed by atoms with Gasteiger partial charge in [-0.25, -0.2) is 24.3 Å². The van der Waals surface area contributed by atoms with E-state index < -0.39 is 5.41 Å². The van der Waals surface area contributed by atoms with E-state index in [1.807, 2.05) is 0 Å². The van der Waals surface area contributed by atoms with Gasteiger partial charge in [0.1, 0.15) is 34.3 Å². The second-order valence-electron chi connectivity index (χ2n) is 8.90. The first-order valence-electron chi connectivity index (χ1n) is 11.3. The van der Waals surface area contributed by atoms with Gasteiger partial charge >= 0.3 is 0 Å². The SMILES string of the molecule is C[C@@]1(c2ccc(O)c(Cl)c2)C(=O)Nc2nc(-c3cn4ccnc4c(Cc4ccccc4F)n3)nc(N)c21. The molecule has 1 aliphatic rings. The van der Waals surface area contributed by atoms with E-state index in [9.17, 15) is 14.3 Å². The number of imidazole rings is 1. The molecular formula is C26H19ClFN7O2. The number of hydrogen-bond acceptors (Lipinski definition) is 7. The Hall–Kier alpha value is -4.57. The zero-order chi connectivity index (χ0) is 25.9. The Morgan fingerprint density at radius 2 is 2.00 bits per heavy atom. The number of nitrogen functional groups attached to an aromatic ring is 1. The highest BCUT2D eigenvalue weighted by Gasteiger charge is 2.47. The predicted octanol–water partition coefficient (Wildman–Crippen LogP) is 4.12. The summed E-state index contributed by atoms with van der Waals surface area (Å²) in [4.78, 5) is 31.3. The fraction of sp³-hybridized carbons (Fsp3) is 0.115. The minimum Gasteiger partial charge on any atom is -0.506 e. The fourth-order valence-electron chi connectivity index (χ4n) is 4.66. The number of carbonyl (C=O) groups excluding carboxylic acids is 1. The third-order valence-electron chi connectivity index (χ3n) is 6.64. The van der Waals surface area contributed by atoms with Crippen LogP contribution in [0.3, 0.4) is 0 Å². The summed E-state index contributed by atoms with van der Waals surface area (Å²) in [6.07, 6.45) is 5.27. The highest BCUT2D eigenvalue weighted by atomic mass is 35.5. The largest absolute Gasteiger partial charge is 0.506 e. The molecule has 3 aromatic heterocycles. The van der Waals surface area contributed by atoms with Crippen LogP contribution in [0.2, 0.25) is 5.02 Å². The first kappa shape index (κ1) is 22.9. The molecule has 4 N–H and O–H groups in total. The van der Waals surface area contributed by atoms with Crippen molar-refractivity contribution in [3.8, 4) is 17.3 Å². The molecule has 0 aliphatic carbocycles. The van der Waals surface area contributed by atoms with Gasteiger partial charge < -0.3 is 20.6 Å². The van der Waals surface area contributed by atoms with Crippen LogP contribution in [0.15, 0.2) is 61.1 Å². The summed E-state index contributed by atoms with van der Waals surface area (Å²) >= 11 is 6.11. The number of phenolic OH excluding ortho intramolecular Hbond substituents is 1. The average molecular weight is 516 g/mol. The Bertz CT molecular complexity index is 1740. The minimum atomic E-state index is -1.23. The van der Waals surface area contributed by atoms with Gasteiger partial charge in [0.05, 0.1) is 16.3 Å². The first-order chi connectivity index (χ1) is 17.8. The van der Waals surface area contributed by atoms with Crippen LogP contribution in [0.5, 0.6) is 5.75 Å². The monoisotopic (exact) mass is 515 g/mol. The number of anilines is 2. The van der Waals surface area contributed by atoms with Crippen molar-refractivity contribution in [3.05, 3.63) is 94.3 Å². The van der Waals surface area contributed by atoms with Gasteiger partial charge in [-0.3, -0.25) is 4.79 Å². The number of hydrogen-bond donors (Lipinski definition) is 3. The number of nitrogens with two attached hydrogens (primary N) is 1. The van der Waals surface area contributed by atoms with Gasteiger partial charge in [0, 0.05) is 25.0 Å². The maximum absolute atomic E-state index is 14.4. The lowest BCUT2D eigenvalue weighted by molar-refractivity contribution is -0.119. The molecule has 6 rings (SSSR count). The molecule has 1 amide bonds. The number of benzene rings is 2. The highest BCUT2D eigenvalue weighted by Crippen LogP contribution is 2.46. The number of aromatic nitrogens is 5. The molecule has 11 heteroatoms. The molecule has 0 spiro atoms. The van der Waals surface area contributed by atoms with Crippen molar-refractivity contribution in [2.75, 3.05) is 11.1 Å². The molecule has 1 atom stereocenters. The lowest BCUT2D eigenvalue weighted by Gasteiger charge is -2.23. The van der Waals surface area contributed by atoms with Crippen molar-refractivity contribution >= 4 is 34.8 Å².